The van der Waals surface area contributed by atoms with Crippen molar-refractivity contribution in [3.8, 4) is 0 Å². The number of carbonyl (C=O) groups is 1. The third kappa shape index (κ3) is 7.90. The second-order valence-electron chi connectivity index (χ2n) is 2.69. The average molecular weight is 214 g/mol. The lowest BCUT2D eigenvalue weighted by Crippen LogP contribution is -2.21. The van der Waals surface area contributed by atoms with Gasteiger partial charge in [-0.15, -0.1) is 0 Å². The van der Waals surface area contributed by atoms with Crippen molar-refractivity contribution >= 4 is 5.97 Å². The predicted octanol–water partition coefficient (Wildman–Crippen LogP) is 1.32. The monoisotopic (exact) mass is 214 g/mol. The Morgan fingerprint density at radius 2 is 2.00 bits per heavy atom. The summed E-state index contributed by atoms with van der Waals surface area (Å²) in [6.45, 7) is 10.7. The van der Waals surface area contributed by atoms with Crippen LogP contribution in [0.15, 0.2) is 25.3 Å². The number of carbonyl (C=O) groups excluding carboxylic acids is 1. The molecule has 0 aromatic carbocycles. The minimum atomic E-state index is -0.478. The Kier molecular flexibility index (Phi) is 8.72. The van der Waals surface area contributed by atoms with Crippen LogP contribution in [0.1, 0.15) is 6.92 Å². The van der Waals surface area contributed by atoms with E-state index in [9.17, 15) is 4.79 Å². The van der Waals surface area contributed by atoms with Crippen molar-refractivity contribution < 1.29 is 19.0 Å². The van der Waals surface area contributed by atoms with Gasteiger partial charge >= 0.3 is 5.97 Å². The van der Waals surface area contributed by atoms with Crippen LogP contribution in [0.5, 0.6) is 0 Å². The van der Waals surface area contributed by atoms with Gasteiger partial charge in [0.2, 0.25) is 0 Å². The van der Waals surface area contributed by atoms with Gasteiger partial charge in [0.25, 0.3) is 0 Å². The summed E-state index contributed by atoms with van der Waals surface area (Å²) >= 11 is 0. The molecule has 0 aromatic rings. The molecular weight excluding hydrogens is 196 g/mol. The number of ether oxygens (including phenoxy) is 3. The summed E-state index contributed by atoms with van der Waals surface area (Å²) < 4.78 is 15.2. The molecular formula is C11H18O4. The van der Waals surface area contributed by atoms with E-state index >= 15 is 0 Å². The van der Waals surface area contributed by atoms with E-state index in [1.807, 2.05) is 6.92 Å². The summed E-state index contributed by atoms with van der Waals surface area (Å²) in [5.41, 5.74) is 0. The van der Waals surface area contributed by atoms with Gasteiger partial charge in [0.15, 0.2) is 0 Å². The van der Waals surface area contributed by atoms with Crippen LogP contribution in [0.2, 0.25) is 0 Å². The van der Waals surface area contributed by atoms with Gasteiger partial charge in [0.1, 0.15) is 6.10 Å². The molecule has 0 fully saturated rings. The molecule has 4 nitrogen and oxygen atoms in total. The molecule has 0 aliphatic carbocycles. The second-order valence-corrected chi connectivity index (χ2v) is 2.69. The molecule has 1 atom stereocenters. The first-order valence-corrected chi connectivity index (χ1v) is 4.85. The summed E-state index contributed by atoms with van der Waals surface area (Å²) in [5.74, 6) is -0.478. The van der Waals surface area contributed by atoms with Gasteiger partial charge in [-0.1, -0.05) is 13.2 Å². The molecule has 0 radical (unpaired) electrons. The Balaban J connectivity index is 3.57. The number of hydrogen-bond acceptors (Lipinski definition) is 4. The summed E-state index contributed by atoms with van der Waals surface area (Å²) in [6, 6.07) is 0. The van der Waals surface area contributed by atoms with Crippen LogP contribution in [-0.4, -0.2) is 38.5 Å². The van der Waals surface area contributed by atoms with Crippen molar-refractivity contribution in [1.82, 2.24) is 0 Å². The SMILES string of the molecule is C=CC(=O)OC(C=C)COCCOCC. The van der Waals surface area contributed by atoms with E-state index in [0.717, 1.165) is 6.08 Å². The molecule has 1 unspecified atom stereocenters. The number of hydrogen-bond donors (Lipinski definition) is 0. The van der Waals surface area contributed by atoms with E-state index in [-0.39, 0.29) is 6.61 Å². The summed E-state index contributed by atoms with van der Waals surface area (Å²) in [5, 5.41) is 0. The highest BCUT2D eigenvalue weighted by molar-refractivity contribution is 5.81. The lowest BCUT2D eigenvalue weighted by molar-refractivity contribution is -0.143. The predicted molar refractivity (Wildman–Crippen MR) is 57.6 cm³/mol. The Morgan fingerprint density at radius 3 is 2.53 bits per heavy atom. The summed E-state index contributed by atoms with van der Waals surface area (Å²) in [4.78, 5) is 10.8. The maximum atomic E-state index is 10.8. The van der Waals surface area contributed by atoms with Gasteiger partial charge in [0.05, 0.1) is 19.8 Å². The molecule has 0 aliphatic heterocycles. The van der Waals surface area contributed by atoms with Gasteiger partial charge in [-0.05, 0) is 13.0 Å². The number of esters is 1. The highest BCUT2D eigenvalue weighted by atomic mass is 16.6. The van der Waals surface area contributed by atoms with Crippen LogP contribution in [0.4, 0.5) is 0 Å². The molecule has 0 aromatic heterocycles. The van der Waals surface area contributed by atoms with E-state index in [1.165, 1.54) is 6.08 Å². The molecule has 0 bridgehead atoms. The van der Waals surface area contributed by atoms with Crippen molar-refractivity contribution in [2.75, 3.05) is 26.4 Å². The molecule has 0 saturated heterocycles. The molecule has 0 heterocycles. The first-order chi connectivity index (χ1) is 7.24. The highest BCUT2D eigenvalue weighted by Crippen LogP contribution is 1.96. The topological polar surface area (TPSA) is 44.8 Å². The van der Waals surface area contributed by atoms with Crippen LogP contribution < -0.4 is 0 Å². The Labute approximate surface area is 90.5 Å². The smallest absolute Gasteiger partial charge is 0.330 e. The lowest BCUT2D eigenvalue weighted by Gasteiger charge is -2.12. The largest absolute Gasteiger partial charge is 0.453 e. The van der Waals surface area contributed by atoms with E-state index in [0.29, 0.717) is 19.8 Å². The van der Waals surface area contributed by atoms with E-state index in [2.05, 4.69) is 13.2 Å². The molecule has 0 spiro atoms. The zero-order chi connectivity index (χ0) is 11.5. The normalized spacial score (nSPS) is 11.8. The zero-order valence-corrected chi connectivity index (χ0v) is 9.11. The molecule has 0 saturated carbocycles. The molecule has 0 N–H and O–H groups in total. The van der Waals surface area contributed by atoms with Crippen LogP contribution in [-0.2, 0) is 19.0 Å². The Hall–Kier alpha value is -1.13. The Morgan fingerprint density at radius 1 is 1.33 bits per heavy atom. The fourth-order valence-electron chi connectivity index (χ4n) is 0.809. The van der Waals surface area contributed by atoms with E-state index < -0.39 is 12.1 Å². The van der Waals surface area contributed by atoms with Crippen molar-refractivity contribution in [1.29, 1.82) is 0 Å². The molecule has 4 heteroatoms. The van der Waals surface area contributed by atoms with Crippen LogP contribution >= 0.6 is 0 Å². The lowest BCUT2D eigenvalue weighted by atomic mass is 10.4. The Bertz CT molecular complexity index is 201. The third-order valence-electron chi connectivity index (χ3n) is 1.56. The van der Waals surface area contributed by atoms with Crippen molar-refractivity contribution in [3.63, 3.8) is 0 Å². The maximum absolute atomic E-state index is 10.8. The molecule has 0 rings (SSSR count). The molecule has 15 heavy (non-hydrogen) atoms. The average Bonchev–Trinajstić information content (AvgIpc) is 2.26. The van der Waals surface area contributed by atoms with Gasteiger partial charge in [0, 0.05) is 12.7 Å². The van der Waals surface area contributed by atoms with Gasteiger partial charge in [-0.2, -0.15) is 0 Å². The van der Waals surface area contributed by atoms with Crippen molar-refractivity contribution in [3.05, 3.63) is 25.3 Å². The molecule has 0 amide bonds. The van der Waals surface area contributed by atoms with E-state index in [4.69, 9.17) is 14.2 Å². The zero-order valence-electron chi connectivity index (χ0n) is 9.11. The van der Waals surface area contributed by atoms with E-state index in [1.54, 1.807) is 0 Å². The fraction of sp³-hybridized carbons (Fsp3) is 0.545. The van der Waals surface area contributed by atoms with Crippen molar-refractivity contribution in [2.24, 2.45) is 0 Å². The van der Waals surface area contributed by atoms with Gasteiger partial charge < -0.3 is 14.2 Å². The van der Waals surface area contributed by atoms with Crippen LogP contribution in [0.25, 0.3) is 0 Å². The molecule has 86 valence electrons. The maximum Gasteiger partial charge on any atom is 0.330 e. The van der Waals surface area contributed by atoms with Crippen molar-refractivity contribution in [2.45, 2.75) is 13.0 Å². The van der Waals surface area contributed by atoms with Gasteiger partial charge in [-0.3, -0.25) is 0 Å². The van der Waals surface area contributed by atoms with Crippen LogP contribution in [0, 0.1) is 0 Å². The number of rotatable bonds is 9. The first-order valence-electron chi connectivity index (χ1n) is 4.85. The minimum absolute atomic E-state index is 0.288. The second kappa shape index (κ2) is 9.43. The minimum Gasteiger partial charge on any atom is -0.453 e. The third-order valence-corrected chi connectivity index (χ3v) is 1.56. The summed E-state index contributed by atoms with van der Waals surface area (Å²) in [7, 11) is 0. The molecule has 0 aliphatic rings. The first kappa shape index (κ1) is 13.9. The highest BCUT2D eigenvalue weighted by Gasteiger charge is 2.07. The fourth-order valence-corrected chi connectivity index (χ4v) is 0.809. The summed E-state index contributed by atoms with van der Waals surface area (Å²) in [6.07, 6.45) is 2.19. The van der Waals surface area contributed by atoms with Gasteiger partial charge in [-0.25, -0.2) is 4.79 Å². The quantitative estimate of drug-likeness (QED) is 0.251. The standard InChI is InChI=1S/C11H18O4/c1-4-10(15-11(12)5-2)9-14-8-7-13-6-3/h4-5,10H,1-2,6-9H2,3H3. The van der Waals surface area contributed by atoms with Crippen LogP contribution in [0.3, 0.4) is 0 Å².